The van der Waals surface area contributed by atoms with Crippen LogP contribution < -0.4 is 0 Å². The SMILES string of the molecule is C=C(C=CC)C(C)=O. The van der Waals surface area contributed by atoms with Gasteiger partial charge in [0.15, 0.2) is 5.78 Å². The molecular weight excluding hydrogens is 100 g/mol. The van der Waals surface area contributed by atoms with Gasteiger partial charge < -0.3 is 0 Å². The number of hydrogen-bond acceptors (Lipinski definition) is 1. The van der Waals surface area contributed by atoms with Crippen LogP contribution in [0.15, 0.2) is 24.3 Å². The van der Waals surface area contributed by atoms with Gasteiger partial charge in [-0.05, 0) is 13.8 Å². The molecule has 0 aromatic carbocycles. The molecule has 0 bridgehead atoms. The highest BCUT2D eigenvalue weighted by molar-refractivity contribution is 5.95. The molecule has 8 heavy (non-hydrogen) atoms. The zero-order valence-electron chi connectivity index (χ0n) is 5.27. The fourth-order valence-corrected chi connectivity index (χ4v) is 0.319. The molecule has 0 spiro atoms. The van der Waals surface area contributed by atoms with Crippen LogP contribution in [-0.2, 0) is 4.79 Å². The van der Waals surface area contributed by atoms with Crippen molar-refractivity contribution in [2.24, 2.45) is 0 Å². The molecule has 0 heterocycles. The van der Waals surface area contributed by atoms with E-state index in [0.29, 0.717) is 5.57 Å². The highest BCUT2D eigenvalue weighted by Gasteiger charge is 1.90. The zero-order chi connectivity index (χ0) is 6.57. The zero-order valence-corrected chi connectivity index (χ0v) is 5.27. The Hall–Kier alpha value is -0.850. The molecule has 0 aromatic heterocycles. The van der Waals surface area contributed by atoms with E-state index in [9.17, 15) is 4.79 Å². The first kappa shape index (κ1) is 7.15. The van der Waals surface area contributed by atoms with Crippen LogP contribution in [-0.4, -0.2) is 5.78 Å². The van der Waals surface area contributed by atoms with E-state index in [-0.39, 0.29) is 5.78 Å². The monoisotopic (exact) mass is 110 g/mol. The Bertz CT molecular complexity index is 131. The van der Waals surface area contributed by atoms with E-state index < -0.39 is 0 Å². The molecule has 0 saturated heterocycles. The lowest BCUT2D eigenvalue weighted by Gasteiger charge is -1.86. The second-order valence-electron chi connectivity index (χ2n) is 1.58. The van der Waals surface area contributed by atoms with Crippen LogP contribution in [0, 0.1) is 0 Å². The van der Waals surface area contributed by atoms with Gasteiger partial charge in [-0.3, -0.25) is 4.79 Å². The van der Waals surface area contributed by atoms with Crippen LogP contribution in [0.2, 0.25) is 0 Å². The Morgan fingerprint density at radius 1 is 1.62 bits per heavy atom. The van der Waals surface area contributed by atoms with Gasteiger partial charge in [0, 0.05) is 5.57 Å². The number of carbonyl (C=O) groups excluding carboxylic acids is 1. The van der Waals surface area contributed by atoms with Crippen molar-refractivity contribution in [1.82, 2.24) is 0 Å². The summed E-state index contributed by atoms with van der Waals surface area (Å²) in [4.78, 5) is 10.4. The second kappa shape index (κ2) is 3.19. The smallest absolute Gasteiger partial charge is 0.159 e. The van der Waals surface area contributed by atoms with Gasteiger partial charge in [-0.2, -0.15) is 0 Å². The summed E-state index contributed by atoms with van der Waals surface area (Å²) in [5.74, 6) is 0.0306. The minimum atomic E-state index is 0.0306. The molecule has 1 heteroatoms. The normalized spacial score (nSPS) is 9.75. The van der Waals surface area contributed by atoms with Gasteiger partial charge >= 0.3 is 0 Å². The van der Waals surface area contributed by atoms with Crippen molar-refractivity contribution in [2.45, 2.75) is 13.8 Å². The van der Waals surface area contributed by atoms with Crippen LogP contribution in [0.3, 0.4) is 0 Å². The van der Waals surface area contributed by atoms with Crippen LogP contribution in [0.4, 0.5) is 0 Å². The molecule has 0 aromatic rings. The predicted octanol–water partition coefficient (Wildman–Crippen LogP) is 1.71. The third-order valence-electron chi connectivity index (χ3n) is 0.820. The summed E-state index contributed by atoms with van der Waals surface area (Å²) >= 11 is 0. The summed E-state index contributed by atoms with van der Waals surface area (Å²) in [6, 6.07) is 0. The minimum absolute atomic E-state index is 0.0306. The fourth-order valence-electron chi connectivity index (χ4n) is 0.319. The molecule has 0 fully saturated rings. The molecule has 1 nitrogen and oxygen atoms in total. The van der Waals surface area contributed by atoms with Crippen molar-refractivity contribution in [3.05, 3.63) is 24.3 Å². The molecular formula is C7H10O. The number of ketones is 1. The van der Waals surface area contributed by atoms with Crippen molar-refractivity contribution in [1.29, 1.82) is 0 Å². The van der Waals surface area contributed by atoms with E-state index in [4.69, 9.17) is 0 Å². The summed E-state index contributed by atoms with van der Waals surface area (Å²) in [7, 11) is 0. The molecule has 0 aliphatic rings. The van der Waals surface area contributed by atoms with Crippen molar-refractivity contribution in [3.8, 4) is 0 Å². The highest BCUT2D eigenvalue weighted by Crippen LogP contribution is 1.92. The molecule has 0 unspecified atom stereocenters. The molecule has 0 rings (SSSR count). The summed E-state index contributed by atoms with van der Waals surface area (Å²) in [5.41, 5.74) is 0.563. The van der Waals surface area contributed by atoms with Gasteiger partial charge in [0.25, 0.3) is 0 Å². The van der Waals surface area contributed by atoms with Gasteiger partial charge in [0.05, 0.1) is 0 Å². The fraction of sp³-hybridized carbons (Fsp3) is 0.286. The predicted molar refractivity (Wildman–Crippen MR) is 34.6 cm³/mol. The molecule has 44 valence electrons. The third kappa shape index (κ3) is 2.35. The summed E-state index contributed by atoms with van der Waals surface area (Å²) in [5, 5.41) is 0. The van der Waals surface area contributed by atoms with Gasteiger partial charge in [-0.15, -0.1) is 0 Å². The molecule has 0 aliphatic heterocycles. The first-order chi connectivity index (χ1) is 3.68. The lowest BCUT2D eigenvalue weighted by molar-refractivity contribution is -0.113. The minimum Gasteiger partial charge on any atom is -0.295 e. The number of allylic oxidation sites excluding steroid dienone is 3. The second-order valence-corrected chi connectivity index (χ2v) is 1.58. The first-order valence-corrected chi connectivity index (χ1v) is 2.51. The summed E-state index contributed by atoms with van der Waals surface area (Å²) < 4.78 is 0. The standard InChI is InChI=1S/C7H10O/c1-4-5-6(2)7(3)8/h4-5H,2H2,1,3H3. The average molecular weight is 110 g/mol. The van der Waals surface area contributed by atoms with E-state index in [0.717, 1.165) is 0 Å². The lowest BCUT2D eigenvalue weighted by Crippen LogP contribution is -1.88. The highest BCUT2D eigenvalue weighted by atomic mass is 16.1. The molecule has 0 radical (unpaired) electrons. The maximum atomic E-state index is 10.4. The molecule has 0 atom stereocenters. The van der Waals surface area contributed by atoms with Gasteiger partial charge in [-0.1, -0.05) is 18.7 Å². The maximum absolute atomic E-state index is 10.4. The average Bonchev–Trinajstić information content (AvgIpc) is 1.67. The van der Waals surface area contributed by atoms with Gasteiger partial charge in [0.1, 0.15) is 0 Å². The van der Waals surface area contributed by atoms with Crippen molar-refractivity contribution in [3.63, 3.8) is 0 Å². The molecule has 0 aliphatic carbocycles. The van der Waals surface area contributed by atoms with Crippen LogP contribution >= 0.6 is 0 Å². The Kier molecular flexibility index (Phi) is 2.85. The summed E-state index contributed by atoms with van der Waals surface area (Å²) in [6.07, 6.45) is 3.49. The number of hydrogen-bond donors (Lipinski definition) is 0. The van der Waals surface area contributed by atoms with E-state index in [2.05, 4.69) is 6.58 Å². The Morgan fingerprint density at radius 3 is 2.25 bits per heavy atom. The number of Topliss-reactive ketones (excluding diaryl/α,β-unsaturated/α-hetero) is 1. The largest absolute Gasteiger partial charge is 0.295 e. The van der Waals surface area contributed by atoms with E-state index in [1.165, 1.54) is 6.92 Å². The summed E-state index contributed by atoms with van der Waals surface area (Å²) in [6.45, 7) is 6.87. The van der Waals surface area contributed by atoms with Crippen molar-refractivity contribution in [2.75, 3.05) is 0 Å². The Morgan fingerprint density at radius 2 is 2.12 bits per heavy atom. The molecule has 0 saturated carbocycles. The topological polar surface area (TPSA) is 17.1 Å². The van der Waals surface area contributed by atoms with Crippen molar-refractivity contribution < 1.29 is 4.79 Å². The molecule has 0 amide bonds. The Balaban J connectivity index is 3.85. The maximum Gasteiger partial charge on any atom is 0.159 e. The van der Waals surface area contributed by atoms with Gasteiger partial charge in [0.2, 0.25) is 0 Å². The molecule has 0 N–H and O–H groups in total. The van der Waals surface area contributed by atoms with E-state index in [1.54, 1.807) is 12.2 Å². The number of rotatable bonds is 2. The van der Waals surface area contributed by atoms with Gasteiger partial charge in [-0.25, -0.2) is 0 Å². The lowest BCUT2D eigenvalue weighted by atomic mass is 10.2. The number of carbonyl (C=O) groups is 1. The van der Waals surface area contributed by atoms with E-state index in [1.807, 2.05) is 6.92 Å². The van der Waals surface area contributed by atoms with Crippen LogP contribution in [0.1, 0.15) is 13.8 Å². The third-order valence-corrected chi connectivity index (χ3v) is 0.820. The quantitative estimate of drug-likeness (QED) is 0.390. The first-order valence-electron chi connectivity index (χ1n) is 2.51. The van der Waals surface area contributed by atoms with Crippen LogP contribution in [0.5, 0.6) is 0 Å². The van der Waals surface area contributed by atoms with E-state index >= 15 is 0 Å². The van der Waals surface area contributed by atoms with Crippen LogP contribution in [0.25, 0.3) is 0 Å². The van der Waals surface area contributed by atoms with Crippen molar-refractivity contribution >= 4 is 5.78 Å². The Labute approximate surface area is 49.7 Å².